The van der Waals surface area contributed by atoms with E-state index >= 15 is 0 Å². The van der Waals surface area contributed by atoms with Crippen LogP contribution in [0, 0.1) is 0 Å². The Morgan fingerprint density at radius 1 is 1.50 bits per heavy atom. The van der Waals surface area contributed by atoms with Crippen LogP contribution < -0.4 is 11.2 Å². The quantitative estimate of drug-likeness (QED) is 0.388. The van der Waals surface area contributed by atoms with Gasteiger partial charge in [0.15, 0.2) is 6.23 Å². The van der Waals surface area contributed by atoms with Gasteiger partial charge in [-0.15, -0.1) is 0 Å². The first-order valence-electron chi connectivity index (χ1n) is 5.92. The highest BCUT2D eigenvalue weighted by molar-refractivity contribution is 5.26. The number of hydrogen-bond donors (Lipinski definition) is 3. The Hall–Kier alpha value is -2.13. The second-order valence-corrected chi connectivity index (χ2v) is 4.31. The number of azide groups is 1. The van der Waals surface area contributed by atoms with E-state index in [0.29, 0.717) is 6.42 Å². The first kappa shape index (κ1) is 14.3. The van der Waals surface area contributed by atoms with Gasteiger partial charge in [-0.05, 0) is 17.1 Å². The minimum absolute atomic E-state index is 0.297. The molecule has 20 heavy (non-hydrogen) atoms. The van der Waals surface area contributed by atoms with Gasteiger partial charge in [-0.3, -0.25) is 14.3 Å². The van der Waals surface area contributed by atoms with Crippen molar-refractivity contribution in [1.29, 1.82) is 0 Å². The molecule has 0 aliphatic carbocycles. The average molecular weight is 283 g/mol. The first-order chi connectivity index (χ1) is 9.49. The molecule has 0 aromatic carbocycles. The van der Waals surface area contributed by atoms with Crippen molar-refractivity contribution in [3.63, 3.8) is 0 Å². The molecule has 4 atom stereocenters. The molecule has 1 aromatic heterocycles. The third-order valence-corrected chi connectivity index (χ3v) is 3.10. The summed E-state index contributed by atoms with van der Waals surface area (Å²) >= 11 is 0. The van der Waals surface area contributed by atoms with Crippen LogP contribution in [0.1, 0.15) is 19.6 Å². The van der Waals surface area contributed by atoms with Crippen molar-refractivity contribution in [2.75, 3.05) is 0 Å². The van der Waals surface area contributed by atoms with Crippen molar-refractivity contribution in [1.82, 2.24) is 9.55 Å². The fourth-order valence-corrected chi connectivity index (χ4v) is 2.14. The van der Waals surface area contributed by atoms with Crippen molar-refractivity contribution in [2.45, 2.75) is 37.9 Å². The molecular weight excluding hydrogens is 270 g/mol. The maximum Gasteiger partial charge on any atom is 0.330 e. The van der Waals surface area contributed by atoms with Crippen molar-refractivity contribution in [3.05, 3.63) is 37.3 Å². The maximum atomic E-state index is 11.8. The lowest BCUT2D eigenvalue weighted by molar-refractivity contribution is -0.0393. The molecule has 0 bridgehead atoms. The standard InChI is InChI=1S/C10H13N5O5/c1-2-4-7(17)8(18)9(20-4)15-5(13-14-11)3-6(16)12-10(15)19/h3-4,7-9,17-18H,2H2,1H3,(H,12,16,19)/t4-,7+,8?,9-/m1/s1. The summed E-state index contributed by atoms with van der Waals surface area (Å²) < 4.78 is 6.20. The van der Waals surface area contributed by atoms with E-state index in [9.17, 15) is 19.8 Å². The fraction of sp³-hybridized carbons (Fsp3) is 0.600. The zero-order valence-electron chi connectivity index (χ0n) is 10.5. The van der Waals surface area contributed by atoms with Crippen LogP contribution in [0.15, 0.2) is 20.8 Å². The molecule has 0 spiro atoms. The number of aromatic nitrogens is 2. The maximum absolute atomic E-state index is 11.8. The van der Waals surface area contributed by atoms with Crippen LogP contribution in [0.25, 0.3) is 10.4 Å². The summed E-state index contributed by atoms with van der Waals surface area (Å²) in [5, 5.41) is 23.0. The monoisotopic (exact) mass is 283 g/mol. The lowest BCUT2D eigenvalue weighted by Gasteiger charge is -2.18. The topological polar surface area (TPSA) is 153 Å². The zero-order chi connectivity index (χ0) is 14.9. The molecule has 3 N–H and O–H groups in total. The van der Waals surface area contributed by atoms with E-state index in [-0.39, 0.29) is 5.82 Å². The summed E-state index contributed by atoms with van der Waals surface area (Å²) in [5.41, 5.74) is 6.83. The predicted octanol–water partition coefficient (Wildman–Crippen LogP) is -0.492. The number of rotatable bonds is 3. The Labute approximate surface area is 111 Å². The molecule has 1 aromatic rings. The molecule has 1 saturated heterocycles. The normalized spacial score (nSPS) is 29.1. The lowest BCUT2D eigenvalue weighted by atomic mass is 10.1. The number of nitrogens with zero attached hydrogens (tertiary/aromatic N) is 4. The molecule has 1 unspecified atom stereocenters. The summed E-state index contributed by atoms with van der Waals surface area (Å²) in [6.45, 7) is 1.74. The highest BCUT2D eigenvalue weighted by Crippen LogP contribution is 2.31. The van der Waals surface area contributed by atoms with E-state index in [2.05, 4.69) is 10.0 Å². The minimum atomic E-state index is -1.38. The summed E-state index contributed by atoms with van der Waals surface area (Å²) in [4.78, 5) is 27.5. The highest BCUT2D eigenvalue weighted by atomic mass is 16.6. The van der Waals surface area contributed by atoms with Gasteiger partial charge in [0.1, 0.15) is 18.0 Å². The Bertz CT molecular complexity index is 661. The van der Waals surface area contributed by atoms with Gasteiger partial charge in [0.25, 0.3) is 5.56 Å². The van der Waals surface area contributed by atoms with Crippen LogP contribution in [-0.4, -0.2) is 38.1 Å². The molecule has 0 saturated carbocycles. The van der Waals surface area contributed by atoms with Crippen molar-refractivity contribution >= 4 is 5.82 Å². The number of ether oxygens (including phenoxy) is 1. The number of aliphatic hydroxyl groups is 2. The van der Waals surface area contributed by atoms with Gasteiger partial charge in [0.2, 0.25) is 0 Å². The van der Waals surface area contributed by atoms with Gasteiger partial charge < -0.3 is 14.9 Å². The van der Waals surface area contributed by atoms with Gasteiger partial charge >= 0.3 is 5.69 Å². The van der Waals surface area contributed by atoms with Gasteiger partial charge in [-0.2, -0.15) is 0 Å². The van der Waals surface area contributed by atoms with Crippen LogP contribution in [0.2, 0.25) is 0 Å². The van der Waals surface area contributed by atoms with Gasteiger partial charge in [0.05, 0.1) is 6.10 Å². The molecule has 1 aliphatic rings. The third kappa shape index (κ3) is 2.32. The number of H-pyrrole nitrogens is 1. The first-order valence-corrected chi connectivity index (χ1v) is 5.92. The Morgan fingerprint density at radius 3 is 2.75 bits per heavy atom. The molecular formula is C10H13N5O5. The fourth-order valence-electron chi connectivity index (χ4n) is 2.14. The van der Waals surface area contributed by atoms with Gasteiger partial charge in [-0.1, -0.05) is 6.92 Å². The van der Waals surface area contributed by atoms with Crippen molar-refractivity contribution in [3.8, 4) is 0 Å². The smallest absolute Gasteiger partial charge is 0.330 e. The van der Waals surface area contributed by atoms with E-state index in [1.54, 1.807) is 6.92 Å². The van der Waals surface area contributed by atoms with E-state index < -0.39 is 35.8 Å². The van der Waals surface area contributed by atoms with Crippen LogP contribution >= 0.6 is 0 Å². The van der Waals surface area contributed by atoms with E-state index in [4.69, 9.17) is 10.3 Å². The third-order valence-electron chi connectivity index (χ3n) is 3.10. The molecule has 0 radical (unpaired) electrons. The summed E-state index contributed by atoms with van der Waals surface area (Å²) in [5.74, 6) is -0.297. The van der Waals surface area contributed by atoms with Gasteiger partial charge in [0, 0.05) is 11.0 Å². The van der Waals surface area contributed by atoms with Crippen LogP contribution in [-0.2, 0) is 4.74 Å². The van der Waals surface area contributed by atoms with E-state index in [1.807, 2.05) is 4.98 Å². The second-order valence-electron chi connectivity index (χ2n) is 4.31. The summed E-state index contributed by atoms with van der Waals surface area (Å²) in [6, 6.07) is 0.906. The minimum Gasteiger partial charge on any atom is -0.388 e. The Balaban J connectivity index is 2.56. The van der Waals surface area contributed by atoms with Crippen molar-refractivity contribution < 1.29 is 14.9 Å². The van der Waals surface area contributed by atoms with Crippen LogP contribution in [0.3, 0.4) is 0 Å². The predicted molar refractivity (Wildman–Crippen MR) is 66.3 cm³/mol. The summed E-state index contributed by atoms with van der Waals surface area (Å²) in [7, 11) is 0. The molecule has 108 valence electrons. The van der Waals surface area contributed by atoms with E-state index in [1.165, 1.54) is 0 Å². The molecule has 2 rings (SSSR count). The zero-order valence-corrected chi connectivity index (χ0v) is 10.5. The van der Waals surface area contributed by atoms with Crippen LogP contribution in [0.5, 0.6) is 0 Å². The van der Waals surface area contributed by atoms with Crippen LogP contribution in [0.4, 0.5) is 5.82 Å². The van der Waals surface area contributed by atoms with Crippen molar-refractivity contribution in [2.24, 2.45) is 5.11 Å². The Kier molecular flexibility index (Phi) is 3.91. The number of aliphatic hydroxyl groups excluding tert-OH is 2. The number of nitrogens with one attached hydrogen (secondary N) is 1. The molecule has 0 amide bonds. The molecule has 10 heteroatoms. The highest BCUT2D eigenvalue weighted by Gasteiger charge is 2.43. The number of hydrogen-bond acceptors (Lipinski definition) is 6. The largest absolute Gasteiger partial charge is 0.388 e. The molecule has 2 heterocycles. The van der Waals surface area contributed by atoms with E-state index in [0.717, 1.165) is 10.6 Å². The summed E-state index contributed by atoms with van der Waals surface area (Å²) in [6.07, 6.45) is -4.03. The van der Waals surface area contributed by atoms with Gasteiger partial charge in [-0.25, -0.2) is 4.79 Å². The average Bonchev–Trinajstić information content (AvgIpc) is 2.66. The second kappa shape index (κ2) is 5.47. The molecule has 1 aliphatic heterocycles. The lowest BCUT2D eigenvalue weighted by Crippen LogP contribution is -2.37. The molecule has 1 fully saturated rings. The Morgan fingerprint density at radius 2 is 2.20 bits per heavy atom. The molecule has 10 nitrogen and oxygen atoms in total. The SMILES string of the molecule is CC[C@H]1O[C@@H](n2c(N=[N+]=[N-])cc(=O)[nH]c2=O)C(O)[C@H]1O. The number of aromatic amines is 1.